The zero-order valence-corrected chi connectivity index (χ0v) is 10.9. The number of rotatable bonds is 4. The molecule has 1 heterocycles. The Morgan fingerprint density at radius 3 is 2.79 bits per heavy atom. The lowest BCUT2D eigenvalue weighted by atomic mass is 10.0. The molecule has 2 rings (SSSR count). The van der Waals surface area contributed by atoms with Crippen LogP contribution in [0, 0.1) is 5.82 Å². The fourth-order valence-corrected chi connectivity index (χ4v) is 1.55. The molecule has 102 valence electrons. The first kappa shape index (κ1) is 13.5. The number of nitrogens with two attached hydrogens (primary N) is 1. The Labute approximate surface area is 110 Å². The Morgan fingerprint density at radius 2 is 2.16 bits per heavy atom. The van der Waals surface area contributed by atoms with Gasteiger partial charge in [0.1, 0.15) is 0 Å². The van der Waals surface area contributed by atoms with E-state index in [-0.39, 0.29) is 5.54 Å². The van der Waals surface area contributed by atoms with Crippen molar-refractivity contribution in [2.45, 2.75) is 32.2 Å². The van der Waals surface area contributed by atoms with Gasteiger partial charge in [0.2, 0.25) is 11.7 Å². The van der Waals surface area contributed by atoms with Crippen molar-refractivity contribution in [1.82, 2.24) is 10.1 Å². The average molecular weight is 265 g/mol. The average Bonchev–Trinajstić information content (AvgIpc) is 2.78. The Bertz CT molecular complexity index is 576. The third kappa shape index (κ3) is 3.51. The first-order valence-corrected chi connectivity index (χ1v) is 5.95. The molecule has 0 saturated heterocycles. The van der Waals surface area contributed by atoms with Crippen molar-refractivity contribution < 1.29 is 14.0 Å². The van der Waals surface area contributed by atoms with E-state index in [9.17, 15) is 4.39 Å². The number of aromatic hydroxyl groups is 1. The highest BCUT2D eigenvalue weighted by molar-refractivity contribution is 5.55. The van der Waals surface area contributed by atoms with Crippen LogP contribution in [-0.2, 0) is 6.42 Å². The summed E-state index contributed by atoms with van der Waals surface area (Å²) in [5.41, 5.74) is 6.02. The molecule has 0 aliphatic rings. The molecular formula is C13H16FN3O2. The SMILES string of the molecule is CC(C)(N)CCc1nc(-c2ccc(O)c(F)c2)no1. The van der Waals surface area contributed by atoms with Gasteiger partial charge in [-0.25, -0.2) is 4.39 Å². The zero-order chi connectivity index (χ0) is 14.0. The number of aryl methyl sites for hydroxylation is 1. The lowest BCUT2D eigenvalue weighted by Crippen LogP contribution is -2.32. The van der Waals surface area contributed by atoms with Crippen LogP contribution < -0.4 is 5.73 Å². The first-order valence-electron chi connectivity index (χ1n) is 5.95. The highest BCUT2D eigenvalue weighted by Crippen LogP contribution is 2.23. The molecule has 0 fully saturated rings. The van der Waals surface area contributed by atoms with Gasteiger partial charge in [0, 0.05) is 17.5 Å². The maximum Gasteiger partial charge on any atom is 0.227 e. The third-order valence-electron chi connectivity index (χ3n) is 2.66. The summed E-state index contributed by atoms with van der Waals surface area (Å²) in [6.07, 6.45) is 1.27. The molecule has 0 radical (unpaired) electrons. The van der Waals surface area contributed by atoms with E-state index in [0.29, 0.717) is 30.1 Å². The summed E-state index contributed by atoms with van der Waals surface area (Å²) in [4.78, 5) is 4.17. The van der Waals surface area contributed by atoms with Crippen LogP contribution in [0.5, 0.6) is 5.75 Å². The number of aromatic nitrogens is 2. The molecule has 6 heteroatoms. The van der Waals surface area contributed by atoms with E-state index in [0.717, 1.165) is 6.07 Å². The lowest BCUT2D eigenvalue weighted by Gasteiger charge is -2.16. The molecule has 1 aromatic heterocycles. The Kier molecular flexibility index (Phi) is 3.53. The molecule has 2 aromatic rings. The van der Waals surface area contributed by atoms with E-state index < -0.39 is 11.6 Å². The largest absolute Gasteiger partial charge is 0.505 e. The molecule has 0 unspecified atom stereocenters. The number of benzene rings is 1. The number of hydrogen-bond acceptors (Lipinski definition) is 5. The maximum atomic E-state index is 13.2. The van der Waals surface area contributed by atoms with E-state index in [2.05, 4.69) is 10.1 Å². The summed E-state index contributed by atoms with van der Waals surface area (Å²) >= 11 is 0. The highest BCUT2D eigenvalue weighted by atomic mass is 19.1. The van der Waals surface area contributed by atoms with Gasteiger partial charge in [-0.1, -0.05) is 5.16 Å². The molecular weight excluding hydrogens is 249 g/mol. The third-order valence-corrected chi connectivity index (χ3v) is 2.66. The van der Waals surface area contributed by atoms with Gasteiger partial charge in [-0.15, -0.1) is 0 Å². The Hall–Kier alpha value is -1.95. The second-order valence-corrected chi connectivity index (χ2v) is 5.17. The molecule has 0 saturated carbocycles. The number of nitrogens with zero attached hydrogens (tertiary/aromatic N) is 2. The molecule has 1 aromatic carbocycles. The molecule has 5 nitrogen and oxygen atoms in total. The van der Waals surface area contributed by atoms with Crippen molar-refractivity contribution in [3.8, 4) is 17.1 Å². The van der Waals surface area contributed by atoms with Gasteiger partial charge in [0.25, 0.3) is 0 Å². The van der Waals surface area contributed by atoms with Gasteiger partial charge in [0.05, 0.1) is 0 Å². The monoisotopic (exact) mass is 265 g/mol. The van der Waals surface area contributed by atoms with Crippen LogP contribution in [0.2, 0.25) is 0 Å². The predicted octanol–water partition coefficient (Wildman–Crippen LogP) is 2.25. The van der Waals surface area contributed by atoms with E-state index in [1.54, 1.807) is 0 Å². The van der Waals surface area contributed by atoms with Crippen molar-refractivity contribution in [3.63, 3.8) is 0 Å². The van der Waals surface area contributed by atoms with Crippen molar-refractivity contribution in [1.29, 1.82) is 0 Å². The zero-order valence-electron chi connectivity index (χ0n) is 10.9. The summed E-state index contributed by atoms with van der Waals surface area (Å²) in [5, 5.41) is 12.9. The van der Waals surface area contributed by atoms with Crippen molar-refractivity contribution in [3.05, 3.63) is 29.9 Å². The summed E-state index contributed by atoms with van der Waals surface area (Å²) < 4.78 is 18.3. The minimum Gasteiger partial charge on any atom is -0.505 e. The summed E-state index contributed by atoms with van der Waals surface area (Å²) in [6, 6.07) is 3.94. The Morgan fingerprint density at radius 1 is 1.42 bits per heavy atom. The quantitative estimate of drug-likeness (QED) is 0.885. The number of halogens is 1. The minimum atomic E-state index is -0.716. The van der Waals surface area contributed by atoms with Crippen LogP contribution >= 0.6 is 0 Å². The smallest absolute Gasteiger partial charge is 0.227 e. The standard InChI is InChI=1S/C13H16FN3O2/c1-13(2,15)6-5-11-16-12(17-19-11)8-3-4-10(18)9(14)7-8/h3-4,7,18H,5-6,15H2,1-2H3. The predicted molar refractivity (Wildman–Crippen MR) is 67.9 cm³/mol. The normalized spacial score (nSPS) is 11.8. The van der Waals surface area contributed by atoms with Gasteiger partial charge < -0.3 is 15.4 Å². The fourth-order valence-electron chi connectivity index (χ4n) is 1.55. The fraction of sp³-hybridized carbons (Fsp3) is 0.385. The molecule has 0 atom stereocenters. The van der Waals surface area contributed by atoms with Crippen LogP contribution in [-0.4, -0.2) is 20.8 Å². The number of phenols is 1. The van der Waals surface area contributed by atoms with E-state index in [1.165, 1.54) is 12.1 Å². The second-order valence-electron chi connectivity index (χ2n) is 5.17. The van der Waals surface area contributed by atoms with Crippen molar-refractivity contribution in [2.75, 3.05) is 0 Å². The van der Waals surface area contributed by atoms with Gasteiger partial charge >= 0.3 is 0 Å². The van der Waals surface area contributed by atoms with Gasteiger partial charge in [-0.05, 0) is 38.5 Å². The van der Waals surface area contributed by atoms with Crippen LogP contribution in [0.1, 0.15) is 26.2 Å². The Balaban J connectivity index is 2.14. The minimum absolute atomic E-state index is 0.295. The molecule has 19 heavy (non-hydrogen) atoms. The van der Waals surface area contributed by atoms with Crippen LogP contribution in [0.15, 0.2) is 22.7 Å². The van der Waals surface area contributed by atoms with Crippen LogP contribution in [0.3, 0.4) is 0 Å². The van der Waals surface area contributed by atoms with E-state index in [4.69, 9.17) is 15.4 Å². The second kappa shape index (κ2) is 4.97. The van der Waals surface area contributed by atoms with Crippen LogP contribution in [0.4, 0.5) is 4.39 Å². The topological polar surface area (TPSA) is 85.2 Å². The van der Waals surface area contributed by atoms with E-state index in [1.807, 2.05) is 13.8 Å². The lowest BCUT2D eigenvalue weighted by molar-refractivity contribution is 0.358. The van der Waals surface area contributed by atoms with Crippen molar-refractivity contribution >= 4 is 0 Å². The summed E-state index contributed by atoms with van der Waals surface area (Å²) in [7, 11) is 0. The molecule has 3 N–H and O–H groups in total. The molecule has 0 aliphatic heterocycles. The molecule has 0 aliphatic carbocycles. The molecule has 0 amide bonds. The van der Waals surface area contributed by atoms with Gasteiger partial charge in [-0.3, -0.25) is 0 Å². The molecule has 0 spiro atoms. The van der Waals surface area contributed by atoms with Crippen LogP contribution in [0.25, 0.3) is 11.4 Å². The van der Waals surface area contributed by atoms with Gasteiger partial charge in [0.15, 0.2) is 11.6 Å². The van der Waals surface area contributed by atoms with E-state index >= 15 is 0 Å². The maximum absolute atomic E-state index is 13.2. The summed E-state index contributed by atoms with van der Waals surface area (Å²) in [5.74, 6) is -0.366. The van der Waals surface area contributed by atoms with Gasteiger partial charge in [-0.2, -0.15) is 4.98 Å². The summed E-state index contributed by atoms with van der Waals surface area (Å²) in [6.45, 7) is 3.83. The highest BCUT2D eigenvalue weighted by Gasteiger charge is 2.15. The molecule has 0 bridgehead atoms. The number of hydrogen-bond donors (Lipinski definition) is 2. The number of phenolic OH excluding ortho intramolecular Hbond substituents is 1. The first-order chi connectivity index (χ1) is 8.85. The van der Waals surface area contributed by atoms with Crippen molar-refractivity contribution in [2.24, 2.45) is 5.73 Å².